The number of nitrogens with one attached hydrogen (secondary N) is 2. The normalized spacial score (nSPS) is 10.1. The predicted molar refractivity (Wildman–Crippen MR) is 67.3 cm³/mol. The van der Waals surface area contributed by atoms with Crippen LogP contribution in [-0.4, -0.2) is 25.1 Å². The van der Waals surface area contributed by atoms with Crippen LogP contribution in [0.1, 0.15) is 0 Å². The number of amides is 2. The van der Waals surface area contributed by atoms with Gasteiger partial charge in [0.15, 0.2) is 0 Å². The number of hydrogen-bond acceptors (Lipinski definition) is 2. The first-order valence-electron chi connectivity index (χ1n) is 4.32. The number of hydrogen-bond donors (Lipinski definition) is 2. The molecule has 0 fully saturated rings. The summed E-state index contributed by atoms with van der Waals surface area (Å²) in [6.45, 7) is 0. The van der Waals surface area contributed by atoms with Crippen LogP contribution >= 0.6 is 34.8 Å². The van der Waals surface area contributed by atoms with E-state index in [1.54, 1.807) is 14.1 Å². The van der Waals surface area contributed by atoms with E-state index >= 15 is 0 Å². The molecular formula is C9H10Cl3N3O. The molecule has 0 unspecified atom stereocenters. The Hall–Kier alpha value is -0.680. The largest absolute Gasteiger partial charge is 0.335 e. The predicted octanol–water partition coefficient (Wildman–Crippen LogP) is 3.24. The smallest absolute Gasteiger partial charge is 0.305 e. The van der Waals surface area contributed by atoms with Crippen LogP contribution in [0.5, 0.6) is 0 Å². The monoisotopic (exact) mass is 281 g/mol. The number of nitrogens with zero attached hydrogens (tertiary/aromatic N) is 1. The van der Waals surface area contributed by atoms with E-state index in [2.05, 4.69) is 10.7 Å². The molecule has 0 aromatic heterocycles. The first-order valence-corrected chi connectivity index (χ1v) is 5.45. The molecule has 0 saturated heterocycles. The molecule has 1 aromatic rings. The second-order valence-electron chi connectivity index (χ2n) is 2.96. The maximum atomic E-state index is 11.5. The molecule has 1 aromatic carbocycles. The zero-order valence-electron chi connectivity index (χ0n) is 8.64. The Morgan fingerprint density at radius 3 is 2.31 bits per heavy atom. The van der Waals surface area contributed by atoms with Crippen molar-refractivity contribution in [2.45, 2.75) is 0 Å². The summed E-state index contributed by atoms with van der Waals surface area (Å²) in [5, 5.41) is 4.83. The van der Waals surface area contributed by atoms with Crippen molar-refractivity contribution in [3.63, 3.8) is 0 Å². The SMILES string of the molecule is CNN(C)C(=O)Nc1cc(Cl)c(Cl)cc1Cl. The Bertz CT molecular complexity index is 411. The fraction of sp³-hybridized carbons (Fsp3) is 0.222. The van der Waals surface area contributed by atoms with E-state index in [1.165, 1.54) is 17.1 Å². The molecule has 16 heavy (non-hydrogen) atoms. The number of hydrazine groups is 1. The lowest BCUT2D eigenvalue weighted by Gasteiger charge is -2.17. The standard InChI is InChI=1S/C9H10Cl3N3O/c1-13-15(2)9(16)14-8-4-6(11)5(10)3-7(8)12/h3-4,13H,1-2H3,(H,14,16). The quantitative estimate of drug-likeness (QED) is 0.646. The van der Waals surface area contributed by atoms with Crippen LogP contribution in [0.2, 0.25) is 15.1 Å². The summed E-state index contributed by atoms with van der Waals surface area (Å²) < 4.78 is 0. The highest BCUT2D eigenvalue weighted by molar-refractivity contribution is 6.44. The van der Waals surface area contributed by atoms with Gasteiger partial charge < -0.3 is 5.32 Å². The van der Waals surface area contributed by atoms with Gasteiger partial charge in [0.1, 0.15) is 0 Å². The van der Waals surface area contributed by atoms with E-state index in [-0.39, 0.29) is 6.03 Å². The molecule has 0 bridgehead atoms. The van der Waals surface area contributed by atoms with Crippen LogP contribution in [-0.2, 0) is 0 Å². The summed E-state index contributed by atoms with van der Waals surface area (Å²) in [5.74, 6) is 0. The Balaban J connectivity index is 2.90. The molecule has 0 atom stereocenters. The van der Waals surface area contributed by atoms with Crippen LogP contribution in [0, 0.1) is 0 Å². The lowest BCUT2D eigenvalue weighted by molar-refractivity contribution is 0.207. The third-order valence-electron chi connectivity index (χ3n) is 1.89. The van der Waals surface area contributed by atoms with Crippen LogP contribution in [0.4, 0.5) is 10.5 Å². The fourth-order valence-corrected chi connectivity index (χ4v) is 1.51. The maximum absolute atomic E-state index is 11.5. The van der Waals surface area contributed by atoms with Crippen molar-refractivity contribution in [1.82, 2.24) is 10.4 Å². The van der Waals surface area contributed by atoms with Gasteiger partial charge in [0.25, 0.3) is 0 Å². The lowest BCUT2D eigenvalue weighted by Crippen LogP contribution is -2.39. The molecule has 4 nitrogen and oxygen atoms in total. The first-order chi connectivity index (χ1) is 7.45. The van der Waals surface area contributed by atoms with Gasteiger partial charge in [-0.1, -0.05) is 34.8 Å². The highest BCUT2D eigenvalue weighted by atomic mass is 35.5. The van der Waals surface area contributed by atoms with Gasteiger partial charge in [-0.15, -0.1) is 0 Å². The van der Waals surface area contributed by atoms with Gasteiger partial charge in [0.2, 0.25) is 0 Å². The van der Waals surface area contributed by atoms with Crippen molar-refractivity contribution in [2.24, 2.45) is 0 Å². The molecule has 0 heterocycles. The summed E-state index contributed by atoms with van der Waals surface area (Å²) in [6.07, 6.45) is 0. The average molecular weight is 283 g/mol. The summed E-state index contributed by atoms with van der Waals surface area (Å²) in [6, 6.07) is 2.61. The van der Waals surface area contributed by atoms with E-state index in [4.69, 9.17) is 34.8 Å². The van der Waals surface area contributed by atoms with E-state index in [9.17, 15) is 4.79 Å². The van der Waals surface area contributed by atoms with Crippen LogP contribution in [0.25, 0.3) is 0 Å². The second kappa shape index (κ2) is 5.59. The average Bonchev–Trinajstić information content (AvgIpc) is 2.24. The van der Waals surface area contributed by atoms with Gasteiger partial charge in [-0.25, -0.2) is 10.2 Å². The lowest BCUT2D eigenvalue weighted by atomic mass is 10.3. The molecule has 7 heteroatoms. The van der Waals surface area contributed by atoms with E-state index in [1.807, 2.05) is 0 Å². The topological polar surface area (TPSA) is 44.4 Å². The van der Waals surface area contributed by atoms with Crippen LogP contribution < -0.4 is 10.7 Å². The highest BCUT2D eigenvalue weighted by Gasteiger charge is 2.11. The molecule has 1 rings (SSSR count). The van der Waals surface area contributed by atoms with Gasteiger partial charge in [0.05, 0.1) is 20.8 Å². The van der Waals surface area contributed by atoms with E-state index < -0.39 is 0 Å². The van der Waals surface area contributed by atoms with Crippen molar-refractivity contribution in [3.8, 4) is 0 Å². The van der Waals surface area contributed by atoms with E-state index in [0.717, 1.165) is 0 Å². The Morgan fingerprint density at radius 1 is 1.19 bits per heavy atom. The van der Waals surface area contributed by atoms with Gasteiger partial charge in [-0.05, 0) is 12.1 Å². The molecule has 2 N–H and O–H groups in total. The number of urea groups is 1. The highest BCUT2D eigenvalue weighted by Crippen LogP contribution is 2.32. The van der Waals surface area contributed by atoms with Crippen LogP contribution in [0.15, 0.2) is 12.1 Å². The number of rotatable bonds is 2. The minimum Gasteiger partial charge on any atom is -0.305 e. The maximum Gasteiger partial charge on any atom is 0.335 e. The first kappa shape index (κ1) is 13.4. The van der Waals surface area contributed by atoms with Gasteiger partial charge in [-0.2, -0.15) is 0 Å². The Morgan fingerprint density at radius 2 is 1.75 bits per heavy atom. The molecule has 2 amide bonds. The van der Waals surface area contributed by atoms with Crippen molar-refractivity contribution in [1.29, 1.82) is 0 Å². The van der Waals surface area contributed by atoms with Crippen molar-refractivity contribution >= 4 is 46.5 Å². The van der Waals surface area contributed by atoms with E-state index in [0.29, 0.717) is 20.8 Å². The zero-order valence-corrected chi connectivity index (χ0v) is 10.9. The van der Waals surface area contributed by atoms with Crippen molar-refractivity contribution in [2.75, 3.05) is 19.4 Å². The van der Waals surface area contributed by atoms with Crippen molar-refractivity contribution in [3.05, 3.63) is 27.2 Å². The number of benzene rings is 1. The third-order valence-corrected chi connectivity index (χ3v) is 2.93. The summed E-state index contributed by atoms with van der Waals surface area (Å²) in [5.41, 5.74) is 3.06. The number of halogens is 3. The molecular weight excluding hydrogens is 272 g/mol. The van der Waals surface area contributed by atoms with Gasteiger partial charge >= 0.3 is 6.03 Å². The minimum absolute atomic E-state index is 0.326. The summed E-state index contributed by atoms with van der Waals surface area (Å²) >= 11 is 17.5. The molecule has 0 aliphatic heterocycles. The second-order valence-corrected chi connectivity index (χ2v) is 4.18. The number of anilines is 1. The van der Waals surface area contributed by atoms with Crippen LogP contribution in [0.3, 0.4) is 0 Å². The number of carbonyl (C=O) groups is 1. The number of carbonyl (C=O) groups excluding carboxylic acids is 1. The molecule has 0 saturated carbocycles. The Kier molecular flexibility index (Phi) is 4.68. The minimum atomic E-state index is -0.359. The fourth-order valence-electron chi connectivity index (χ4n) is 0.919. The van der Waals surface area contributed by atoms with Gasteiger partial charge in [0, 0.05) is 14.1 Å². The summed E-state index contributed by atoms with van der Waals surface area (Å²) in [7, 11) is 3.19. The van der Waals surface area contributed by atoms with Gasteiger partial charge in [-0.3, -0.25) is 5.01 Å². The molecule has 0 spiro atoms. The molecule has 0 radical (unpaired) electrons. The molecule has 88 valence electrons. The zero-order chi connectivity index (χ0) is 12.3. The van der Waals surface area contributed by atoms with Crippen molar-refractivity contribution < 1.29 is 4.79 Å². The Labute approximate surface area is 108 Å². The third kappa shape index (κ3) is 3.15. The summed E-state index contributed by atoms with van der Waals surface area (Å²) in [4.78, 5) is 11.5. The molecule has 0 aliphatic rings. The molecule has 0 aliphatic carbocycles.